The van der Waals surface area contributed by atoms with Crippen LogP contribution in [-0.4, -0.2) is 57.8 Å². The number of carbonyl (C=O) groups is 3. The molecule has 2 aromatic carbocycles. The zero-order chi connectivity index (χ0) is 22.4. The SMILES string of the molecule is CN(C)c1ccc(-c2cn(-c3ccc4c(c3)CN(C3CCC(=O)NC3=O)C4=O)nn2)cc1. The first-order chi connectivity index (χ1) is 15.4. The largest absolute Gasteiger partial charge is 0.378 e. The summed E-state index contributed by atoms with van der Waals surface area (Å²) in [6.45, 7) is 0.321. The van der Waals surface area contributed by atoms with E-state index >= 15 is 0 Å². The molecule has 5 rings (SSSR count). The van der Waals surface area contributed by atoms with Crippen LogP contribution in [0.2, 0.25) is 0 Å². The second kappa shape index (κ2) is 7.60. The number of rotatable bonds is 4. The van der Waals surface area contributed by atoms with Crippen molar-refractivity contribution in [2.24, 2.45) is 0 Å². The molecule has 0 saturated carbocycles. The lowest BCUT2D eigenvalue weighted by molar-refractivity contribution is -0.136. The van der Waals surface area contributed by atoms with Gasteiger partial charge in [-0.05, 0) is 42.3 Å². The van der Waals surface area contributed by atoms with Crippen LogP contribution < -0.4 is 10.2 Å². The van der Waals surface area contributed by atoms with Crippen molar-refractivity contribution < 1.29 is 14.4 Å². The molecular weight excluding hydrogens is 408 g/mol. The van der Waals surface area contributed by atoms with Crippen LogP contribution in [0, 0.1) is 0 Å². The van der Waals surface area contributed by atoms with E-state index in [0.29, 0.717) is 18.5 Å². The van der Waals surface area contributed by atoms with Crippen LogP contribution in [0.5, 0.6) is 0 Å². The molecule has 1 aromatic heterocycles. The molecule has 2 aliphatic rings. The molecule has 0 radical (unpaired) electrons. The first-order valence-electron chi connectivity index (χ1n) is 10.4. The van der Waals surface area contributed by atoms with E-state index in [1.165, 1.54) is 4.90 Å². The minimum atomic E-state index is -0.626. The molecular formula is C23H22N6O3. The Hall–Kier alpha value is -4.01. The highest BCUT2D eigenvalue weighted by molar-refractivity contribution is 6.05. The number of aromatic nitrogens is 3. The van der Waals surface area contributed by atoms with Crippen molar-refractivity contribution in [1.82, 2.24) is 25.2 Å². The standard InChI is InChI=1S/C23H22N6O3/c1-27(2)16-5-3-14(4-6-16)19-13-29(26-25-19)17-7-8-18-15(11-17)12-28(23(18)32)20-9-10-21(30)24-22(20)31/h3-8,11,13,20H,9-10,12H2,1-2H3,(H,24,30,31). The van der Waals surface area contributed by atoms with Gasteiger partial charge in [-0.1, -0.05) is 17.3 Å². The van der Waals surface area contributed by atoms with Crippen LogP contribution in [0.4, 0.5) is 5.69 Å². The Morgan fingerprint density at radius 2 is 1.84 bits per heavy atom. The number of nitrogens with one attached hydrogen (secondary N) is 1. The zero-order valence-corrected chi connectivity index (χ0v) is 17.8. The minimum absolute atomic E-state index is 0.193. The first-order valence-corrected chi connectivity index (χ1v) is 10.4. The number of amides is 3. The van der Waals surface area contributed by atoms with Gasteiger partial charge in [-0.3, -0.25) is 19.7 Å². The topological polar surface area (TPSA) is 100 Å². The first kappa shape index (κ1) is 19.9. The van der Waals surface area contributed by atoms with E-state index in [9.17, 15) is 14.4 Å². The molecule has 0 aliphatic carbocycles. The summed E-state index contributed by atoms with van der Waals surface area (Å²) in [5, 5.41) is 10.9. The summed E-state index contributed by atoms with van der Waals surface area (Å²) in [5.74, 6) is -0.902. The molecule has 9 heteroatoms. The summed E-state index contributed by atoms with van der Waals surface area (Å²) >= 11 is 0. The highest BCUT2D eigenvalue weighted by Crippen LogP contribution is 2.29. The molecule has 32 heavy (non-hydrogen) atoms. The van der Waals surface area contributed by atoms with Gasteiger partial charge in [0.25, 0.3) is 5.91 Å². The van der Waals surface area contributed by atoms with Crippen molar-refractivity contribution in [2.75, 3.05) is 19.0 Å². The lowest BCUT2D eigenvalue weighted by Crippen LogP contribution is -2.52. The molecule has 2 aliphatic heterocycles. The van der Waals surface area contributed by atoms with E-state index in [0.717, 1.165) is 28.2 Å². The van der Waals surface area contributed by atoms with Crippen LogP contribution in [0.1, 0.15) is 28.8 Å². The van der Waals surface area contributed by atoms with Crippen LogP contribution in [0.15, 0.2) is 48.7 Å². The zero-order valence-electron chi connectivity index (χ0n) is 17.8. The summed E-state index contributed by atoms with van der Waals surface area (Å²) < 4.78 is 1.68. The Balaban J connectivity index is 1.38. The van der Waals surface area contributed by atoms with Crippen molar-refractivity contribution in [3.63, 3.8) is 0 Å². The number of carbonyl (C=O) groups excluding carboxylic acids is 3. The molecule has 0 spiro atoms. The molecule has 1 atom stereocenters. The Kier molecular flexibility index (Phi) is 4.73. The number of fused-ring (bicyclic) bond motifs is 1. The third-order valence-electron chi connectivity index (χ3n) is 5.94. The molecule has 1 saturated heterocycles. The van der Waals surface area contributed by atoms with Crippen LogP contribution in [-0.2, 0) is 16.1 Å². The third kappa shape index (κ3) is 3.41. The maximum Gasteiger partial charge on any atom is 0.255 e. The smallest absolute Gasteiger partial charge is 0.255 e. The highest BCUT2D eigenvalue weighted by Gasteiger charge is 2.39. The Bertz CT molecular complexity index is 1230. The minimum Gasteiger partial charge on any atom is -0.378 e. The van der Waals surface area contributed by atoms with E-state index in [1.807, 2.05) is 61.6 Å². The summed E-state index contributed by atoms with van der Waals surface area (Å²) in [5.41, 5.74) is 4.98. The molecule has 1 unspecified atom stereocenters. The Morgan fingerprint density at radius 3 is 2.56 bits per heavy atom. The van der Waals surface area contributed by atoms with Gasteiger partial charge in [-0.15, -0.1) is 5.10 Å². The van der Waals surface area contributed by atoms with Gasteiger partial charge < -0.3 is 9.80 Å². The molecule has 1 fully saturated rings. The summed E-state index contributed by atoms with van der Waals surface area (Å²) in [7, 11) is 3.98. The predicted molar refractivity (Wildman–Crippen MR) is 117 cm³/mol. The van der Waals surface area contributed by atoms with Crippen molar-refractivity contribution >= 4 is 23.4 Å². The lowest BCUT2D eigenvalue weighted by atomic mass is 10.0. The second-order valence-corrected chi connectivity index (χ2v) is 8.23. The van der Waals surface area contributed by atoms with E-state index in [4.69, 9.17) is 0 Å². The predicted octanol–water partition coefficient (Wildman–Crippen LogP) is 1.76. The number of nitrogens with zero attached hydrogens (tertiary/aromatic N) is 5. The van der Waals surface area contributed by atoms with Crippen LogP contribution >= 0.6 is 0 Å². The molecule has 9 nitrogen and oxygen atoms in total. The fraction of sp³-hybridized carbons (Fsp3) is 0.261. The van der Waals surface area contributed by atoms with E-state index in [2.05, 4.69) is 15.6 Å². The number of piperidine rings is 1. The summed E-state index contributed by atoms with van der Waals surface area (Å²) in [6, 6.07) is 12.9. The average molecular weight is 430 g/mol. The molecule has 1 N–H and O–H groups in total. The number of anilines is 1. The van der Waals surface area contributed by atoms with E-state index in [-0.39, 0.29) is 18.2 Å². The monoisotopic (exact) mass is 430 g/mol. The van der Waals surface area contributed by atoms with Gasteiger partial charge in [0.1, 0.15) is 11.7 Å². The van der Waals surface area contributed by atoms with Crippen LogP contribution in [0.25, 0.3) is 16.9 Å². The molecule has 0 bridgehead atoms. The Morgan fingerprint density at radius 1 is 1.06 bits per heavy atom. The summed E-state index contributed by atoms with van der Waals surface area (Å²) in [4.78, 5) is 40.1. The average Bonchev–Trinajstić information content (AvgIpc) is 3.39. The van der Waals surface area contributed by atoms with Crippen LogP contribution in [0.3, 0.4) is 0 Å². The number of hydrogen-bond donors (Lipinski definition) is 1. The fourth-order valence-electron chi connectivity index (χ4n) is 4.16. The maximum absolute atomic E-state index is 12.9. The third-order valence-corrected chi connectivity index (χ3v) is 5.94. The van der Waals surface area contributed by atoms with Gasteiger partial charge >= 0.3 is 0 Å². The van der Waals surface area contributed by atoms with Gasteiger partial charge in [-0.25, -0.2) is 4.68 Å². The van der Waals surface area contributed by atoms with E-state index < -0.39 is 11.9 Å². The van der Waals surface area contributed by atoms with Gasteiger partial charge in [0.05, 0.1) is 11.9 Å². The van der Waals surface area contributed by atoms with Crippen molar-refractivity contribution in [1.29, 1.82) is 0 Å². The number of benzene rings is 2. The quantitative estimate of drug-likeness (QED) is 0.633. The molecule has 3 aromatic rings. The maximum atomic E-state index is 12.9. The van der Waals surface area contributed by atoms with Crippen molar-refractivity contribution in [3.8, 4) is 16.9 Å². The molecule has 3 heterocycles. The molecule has 162 valence electrons. The normalized spacial score (nSPS) is 18.0. The fourth-order valence-corrected chi connectivity index (χ4v) is 4.16. The van der Waals surface area contributed by atoms with E-state index in [1.54, 1.807) is 10.7 Å². The summed E-state index contributed by atoms with van der Waals surface area (Å²) in [6.07, 6.45) is 2.43. The lowest BCUT2D eigenvalue weighted by Gasteiger charge is -2.29. The molecule has 3 amide bonds. The van der Waals surface area contributed by atoms with Crippen molar-refractivity contribution in [2.45, 2.75) is 25.4 Å². The second-order valence-electron chi connectivity index (χ2n) is 8.23. The number of hydrogen-bond acceptors (Lipinski definition) is 6. The van der Waals surface area contributed by atoms with Crippen molar-refractivity contribution in [3.05, 3.63) is 59.8 Å². The van der Waals surface area contributed by atoms with Gasteiger partial charge in [0.2, 0.25) is 11.8 Å². The van der Waals surface area contributed by atoms with Gasteiger partial charge in [0, 0.05) is 43.9 Å². The van der Waals surface area contributed by atoms with Gasteiger partial charge in [0.15, 0.2) is 0 Å². The van der Waals surface area contributed by atoms with Gasteiger partial charge in [-0.2, -0.15) is 0 Å². The highest BCUT2D eigenvalue weighted by atomic mass is 16.2. The number of imide groups is 1. The Labute approximate surface area is 184 Å².